The number of ketones is 1. The lowest BCUT2D eigenvalue weighted by molar-refractivity contribution is 0.0988. The van der Waals surface area contributed by atoms with Crippen LogP contribution in [0.15, 0.2) is 18.2 Å². The van der Waals surface area contributed by atoms with Gasteiger partial charge in [0, 0.05) is 25.1 Å². The van der Waals surface area contributed by atoms with E-state index in [-0.39, 0.29) is 5.78 Å². The fraction of sp³-hybridized carbons (Fsp3) is 0.650. The van der Waals surface area contributed by atoms with Crippen molar-refractivity contribution in [3.63, 3.8) is 0 Å². The Morgan fingerprint density at radius 2 is 1.87 bits per heavy atom. The van der Waals surface area contributed by atoms with E-state index >= 15 is 0 Å². The van der Waals surface area contributed by atoms with Crippen LogP contribution in [0.4, 0.5) is 5.69 Å². The first-order valence-electron chi connectivity index (χ1n) is 9.31. The lowest BCUT2D eigenvalue weighted by Crippen LogP contribution is -2.30. The Labute approximate surface area is 141 Å². The number of ether oxygens (including phenoxy) is 1. The number of hydrogen-bond donors (Lipinski definition) is 0. The standard InChI is InChI=1S/C20H31NO2/c1-3-5-6-10-15-23-20-12-11-17(19(22)4-2)16-18(20)21-13-8-7-9-14-21/h11-12,16H,3-10,13-15H2,1-2H3. The summed E-state index contributed by atoms with van der Waals surface area (Å²) >= 11 is 0. The van der Waals surface area contributed by atoms with E-state index in [1.54, 1.807) is 0 Å². The normalized spacial score (nSPS) is 14.8. The first-order valence-corrected chi connectivity index (χ1v) is 9.31. The average molecular weight is 317 g/mol. The van der Waals surface area contributed by atoms with E-state index in [1.807, 2.05) is 25.1 Å². The summed E-state index contributed by atoms with van der Waals surface area (Å²) in [6.45, 7) is 7.04. The Bertz CT molecular complexity index is 492. The summed E-state index contributed by atoms with van der Waals surface area (Å²) in [4.78, 5) is 14.4. The molecule has 0 bridgehead atoms. The Hall–Kier alpha value is -1.51. The van der Waals surface area contributed by atoms with Crippen LogP contribution in [0.3, 0.4) is 0 Å². The van der Waals surface area contributed by atoms with Crippen molar-refractivity contribution in [2.75, 3.05) is 24.6 Å². The molecule has 0 unspecified atom stereocenters. The summed E-state index contributed by atoms with van der Waals surface area (Å²) in [6, 6.07) is 5.95. The molecule has 0 aromatic heterocycles. The number of nitrogens with zero attached hydrogens (tertiary/aromatic N) is 1. The second-order valence-corrected chi connectivity index (χ2v) is 6.42. The summed E-state index contributed by atoms with van der Waals surface area (Å²) < 4.78 is 6.05. The van der Waals surface area contributed by atoms with Crippen molar-refractivity contribution >= 4 is 11.5 Å². The molecule has 1 aliphatic rings. The molecule has 0 N–H and O–H groups in total. The number of benzene rings is 1. The van der Waals surface area contributed by atoms with E-state index in [9.17, 15) is 4.79 Å². The zero-order valence-electron chi connectivity index (χ0n) is 14.8. The molecule has 3 heteroatoms. The average Bonchev–Trinajstić information content (AvgIpc) is 2.61. The van der Waals surface area contributed by atoms with Crippen molar-refractivity contribution < 1.29 is 9.53 Å². The molecule has 0 spiro atoms. The van der Waals surface area contributed by atoms with Gasteiger partial charge in [0.1, 0.15) is 5.75 Å². The molecule has 1 fully saturated rings. The third-order valence-corrected chi connectivity index (χ3v) is 4.55. The van der Waals surface area contributed by atoms with E-state index in [2.05, 4.69) is 11.8 Å². The fourth-order valence-electron chi connectivity index (χ4n) is 3.11. The molecule has 1 aliphatic heterocycles. The van der Waals surface area contributed by atoms with E-state index < -0.39 is 0 Å². The second-order valence-electron chi connectivity index (χ2n) is 6.42. The monoisotopic (exact) mass is 317 g/mol. The maximum atomic E-state index is 12.0. The Morgan fingerprint density at radius 3 is 2.57 bits per heavy atom. The minimum Gasteiger partial charge on any atom is -0.491 e. The lowest BCUT2D eigenvalue weighted by atomic mass is 10.0. The van der Waals surface area contributed by atoms with Crippen molar-refractivity contribution in [2.45, 2.75) is 65.2 Å². The third kappa shape index (κ3) is 5.26. The molecular formula is C20H31NO2. The zero-order valence-corrected chi connectivity index (χ0v) is 14.8. The highest BCUT2D eigenvalue weighted by molar-refractivity contribution is 5.97. The summed E-state index contributed by atoms with van der Waals surface area (Å²) in [6.07, 6.45) is 9.14. The van der Waals surface area contributed by atoms with Crippen LogP contribution in [0, 0.1) is 0 Å². The van der Waals surface area contributed by atoms with Crippen LogP contribution in [0.1, 0.15) is 75.6 Å². The molecule has 3 nitrogen and oxygen atoms in total. The number of carbonyl (C=O) groups excluding carboxylic acids is 1. The van der Waals surface area contributed by atoms with Crippen molar-refractivity contribution in [3.8, 4) is 5.75 Å². The van der Waals surface area contributed by atoms with Crippen LogP contribution in [0.2, 0.25) is 0 Å². The van der Waals surface area contributed by atoms with Crippen LogP contribution < -0.4 is 9.64 Å². The highest BCUT2D eigenvalue weighted by Gasteiger charge is 2.17. The molecule has 0 atom stereocenters. The van der Waals surface area contributed by atoms with Gasteiger partial charge in [-0.15, -0.1) is 0 Å². The van der Waals surface area contributed by atoms with Gasteiger partial charge in [0.25, 0.3) is 0 Å². The van der Waals surface area contributed by atoms with Crippen molar-refractivity contribution in [1.82, 2.24) is 0 Å². The molecule has 0 radical (unpaired) electrons. The first-order chi connectivity index (χ1) is 11.3. The molecule has 0 saturated carbocycles. The number of piperidine rings is 1. The number of carbonyl (C=O) groups is 1. The molecule has 1 aromatic rings. The van der Waals surface area contributed by atoms with Crippen molar-refractivity contribution in [1.29, 1.82) is 0 Å². The molecule has 1 heterocycles. The van der Waals surface area contributed by atoms with E-state index in [0.717, 1.165) is 43.1 Å². The molecule has 0 aliphatic carbocycles. The van der Waals surface area contributed by atoms with Crippen LogP contribution >= 0.6 is 0 Å². The minimum atomic E-state index is 0.206. The predicted octanol–water partition coefficient (Wildman–Crippen LogP) is 5.23. The van der Waals surface area contributed by atoms with Gasteiger partial charge in [-0.25, -0.2) is 0 Å². The number of hydrogen-bond acceptors (Lipinski definition) is 3. The van der Waals surface area contributed by atoms with Crippen molar-refractivity contribution in [3.05, 3.63) is 23.8 Å². The summed E-state index contributed by atoms with van der Waals surface area (Å²) in [5.41, 5.74) is 1.92. The van der Waals surface area contributed by atoms with Crippen LogP contribution in [-0.4, -0.2) is 25.5 Å². The Kier molecular flexibility index (Phi) is 7.44. The van der Waals surface area contributed by atoms with E-state index in [4.69, 9.17) is 4.74 Å². The smallest absolute Gasteiger partial charge is 0.162 e. The number of unbranched alkanes of at least 4 members (excludes halogenated alkanes) is 3. The molecule has 23 heavy (non-hydrogen) atoms. The number of rotatable bonds is 9. The van der Waals surface area contributed by atoms with Gasteiger partial charge in [0.15, 0.2) is 5.78 Å². The topological polar surface area (TPSA) is 29.5 Å². The first kappa shape index (κ1) is 17.8. The van der Waals surface area contributed by atoms with Crippen LogP contribution in [0.5, 0.6) is 5.75 Å². The maximum Gasteiger partial charge on any atom is 0.162 e. The zero-order chi connectivity index (χ0) is 16.5. The Morgan fingerprint density at radius 1 is 1.09 bits per heavy atom. The third-order valence-electron chi connectivity index (χ3n) is 4.55. The predicted molar refractivity (Wildman–Crippen MR) is 96.8 cm³/mol. The van der Waals surface area contributed by atoms with Gasteiger partial charge >= 0.3 is 0 Å². The molecule has 128 valence electrons. The molecule has 1 aromatic carbocycles. The van der Waals surface area contributed by atoms with Gasteiger partial charge in [0.2, 0.25) is 0 Å². The molecule has 0 amide bonds. The van der Waals surface area contributed by atoms with Crippen LogP contribution in [0.25, 0.3) is 0 Å². The molecule has 1 saturated heterocycles. The lowest BCUT2D eigenvalue weighted by Gasteiger charge is -2.30. The van der Waals surface area contributed by atoms with E-state index in [1.165, 1.54) is 38.5 Å². The summed E-state index contributed by atoms with van der Waals surface area (Å²) in [5, 5.41) is 0. The van der Waals surface area contributed by atoms with Gasteiger partial charge in [-0.1, -0.05) is 33.1 Å². The number of Topliss-reactive ketones (excluding diaryl/α,β-unsaturated/α-hetero) is 1. The second kappa shape index (κ2) is 9.59. The summed E-state index contributed by atoms with van der Waals surface area (Å²) in [5.74, 6) is 1.15. The van der Waals surface area contributed by atoms with Crippen LogP contribution in [-0.2, 0) is 0 Å². The van der Waals surface area contributed by atoms with Crippen molar-refractivity contribution in [2.24, 2.45) is 0 Å². The van der Waals surface area contributed by atoms with E-state index in [0.29, 0.717) is 6.42 Å². The van der Waals surface area contributed by atoms with Gasteiger partial charge < -0.3 is 9.64 Å². The molecular weight excluding hydrogens is 286 g/mol. The van der Waals surface area contributed by atoms with Gasteiger partial charge in [-0.05, 0) is 43.9 Å². The Balaban J connectivity index is 2.10. The number of anilines is 1. The fourth-order valence-corrected chi connectivity index (χ4v) is 3.11. The minimum absolute atomic E-state index is 0.206. The maximum absolute atomic E-state index is 12.0. The van der Waals surface area contributed by atoms with Gasteiger partial charge in [-0.3, -0.25) is 4.79 Å². The quantitative estimate of drug-likeness (QED) is 0.461. The highest BCUT2D eigenvalue weighted by atomic mass is 16.5. The van der Waals surface area contributed by atoms with Gasteiger partial charge in [0.05, 0.1) is 12.3 Å². The largest absolute Gasteiger partial charge is 0.491 e. The van der Waals surface area contributed by atoms with Gasteiger partial charge in [-0.2, -0.15) is 0 Å². The SMILES string of the molecule is CCCCCCOc1ccc(C(=O)CC)cc1N1CCCCC1. The molecule has 2 rings (SSSR count). The highest BCUT2D eigenvalue weighted by Crippen LogP contribution is 2.32. The summed E-state index contributed by atoms with van der Waals surface area (Å²) in [7, 11) is 0.